The van der Waals surface area contributed by atoms with E-state index in [-0.39, 0.29) is 11.8 Å². The Morgan fingerprint density at radius 2 is 2.08 bits per heavy atom. The highest BCUT2D eigenvalue weighted by Gasteiger charge is 2.22. The van der Waals surface area contributed by atoms with Crippen LogP contribution in [0, 0.1) is 5.92 Å². The topological polar surface area (TPSA) is 86.3 Å². The second kappa shape index (κ2) is 6.52. The molecule has 2 aromatic rings. The summed E-state index contributed by atoms with van der Waals surface area (Å²) < 4.78 is 0. The predicted octanol–water partition coefficient (Wildman–Crippen LogP) is 3.81. The summed E-state index contributed by atoms with van der Waals surface area (Å²) in [4.78, 5) is 27.7. The van der Waals surface area contributed by atoms with Gasteiger partial charge in [0, 0.05) is 23.1 Å². The molecule has 1 aromatic heterocycles. The zero-order valence-electron chi connectivity index (χ0n) is 13.7. The maximum Gasteiger partial charge on any atom is 0.272 e. The molecule has 1 fully saturated rings. The van der Waals surface area contributed by atoms with Crippen molar-refractivity contribution in [2.24, 2.45) is 11.0 Å². The van der Waals surface area contributed by atoms with E-state index in [0.29, 0.717) is 45.2 Å². The molecule has 0 atom stereocenters. The lowest BCUT2D eigenvalue weighted by molar-refractivity contribution is -0.117. The second-order valence-electron chi connectivity index (χ2n) is 6.75. The number of amides is 2. The summed E-state index contributed by atoms with van der Waals surface area (Å²) in [6.07, 6.45) is 7.97. The zero-order valence-corrected chi connectivity index (χ0v) is 14.4. The number of hydrogen-bond acceptors (Lipinski definition) is 3. The van der Waals surface area contributed by atoms with Crippen LogP contribution in [-0.4, -0.2) is 23.0 Å². The first-order chi connectivity index (χ1) is 12.1. The van der Waals surface area contributed by atoms with Crippen molar-refractivity contribution < 1.29 is 9.59 Å². The Labute approximate surface area is 150 Å². The molecule has 6 nitrogen and oxygen atoms in total. The molecule has 2 heterocycles. The van der Waals surface area contributed by atoms with Gasteiger partial charge in [0.05, 0.1) is 17.3 Å². The van der Waals surface area contributed by atoms with Crippen LogP contribution in [0.15, 0.2) is 17.2 Å². The third-order valence-electron chi connectivity index (χ3n) is 4.98. The fourth-order valence-corrected chi connectivity index (χ4v) is 4.02. The van der Waals surface area contributed by atoms with E-state index in [0.717, 1.165) is 12.8 Å². The maximum atomic E-state index is 12.4. The van der Waals surface area contributed by atoms with E-state index in [1.165, 1.54) is 25.5 Å². The lowest BCUT2D eigenvalue weighted by Crippen LogP contribution is -2.19. The summed E-state index contributed by atoms with van der Waals surface area (Å²) in [5, 5.41) is 7.94. The standard InChI is InChI=1S/C18H19ClN4O2/c19-17-13-9-20-23-18(25)12-7-11(8-14(22-17)16(12)13)21-15(24)6-10-4-2-1-3-5-10/h7-10,22H,1-6H2,(H,21,24)(H,23,25). The largest absolute Gasteiger partial charge is 0.345 e. The molecule has 0 radical (unpaired) electrons. The van der Waals surface area contributed by atoms with Crippen molar-refractivity contribution in [3.05, 3.63) is 28.4 Å². The number of H-pyrrole nitrogens is 1. The van der Waals surface area contributed by atoms with Gasteiger partial charge in [-0.15, -0.1) is 0 Å². The molecule has 4 rings (SSSR count). The molecule has 1 aliphatic carbocycles. The van der Waals surface area contributed by atoms with Gasteiger partial charge in [0.1, 0.15) is 5.15 Å². The fourth-order valence-electron chi connectivity index (χ4n) is 3.78. The Kier molecular flexibility index (Phi) is 4.21. The van der Waals surface area contributed by atoms with E-state index in [9.17, 15) is 9.59 Å². The number of benzene rings is 1. The Morgan fingerprint density at radius 3 is 2.88 bits per heavy atom. The normalized spacial score (nSPS) is 17.4. The van der Waals surface area contributed by atoms with E-state index >= 15 is 0 Å². The highest BCUT2D eigenvalue weighted by molar-refractivity contribution is 6.35. The van der Waals surface area contributed by atoms with E-state index in [1.54, 1.807) is 12.1 Å². The average Bonchev–Trinajstić information content (AvgIpc) is 2.79. The van der Waals surface area contributed by atoms with Gasteiger partial charge in [-0.05, 0) is 30.9 Å². The molecule has 3 N–H and O–H groups in total. The number of nitrogens with zero attached hydrogens (tertiary/aromatic N) is 1. The van der Waals surface area contributed by atoms with Gasteiger partial charge in [0.25, 0.3) is 5.91 Å². The van der Waals surface area contributed by atoms with Gasteiger partial charge in [0.2, 0.25) is 5.91 Å². The van der Waals surface area contributed by atoms with Gasteiger partial charge in [-0.3, -0.25) is 9.59 Å². The lowest BCUT2D eigenvalue weighted by Gasteiger charge is -2.20. The van der Waals surface area contributed by atoms with Crippen molar-refractivity contribution in [3.8, 4) is 0 Å². The Balaban J connectivity index is 1.61. The number of halogens is 1. The Morgan fingerprint density at radius 1 is 1.28 bits per heavy atom. The SMILES string of the molecule is O=C(CC1CCCCC1)Nc1cc2c3c(c(Cl)[nH]c3c1)C=NNC2=O. The first-order valence-corrected chi connectivity index (χ1v) is 8.98. The number of aromatic nitrogens is 1. The minimum absolute atomic E-state index is 0.0124. The van der Waals surface area contributed by atoms with Crippen LogP contribution >= 0.6 is 11.6 Å². The fraction of sp³-hybridized carbons (Fsp3) is 0.389. The van der Waals surface area contributed by atoms with Crippen molar-refractivity contribution in [1.29, 1.82) is 0 Å². The summed E-state index contributed by atoms with van der Waals surface area (Å²) in [5.74, 6) is 0.128. The van der Waals surface area contributed by atoms with Crippen LogP contribution in [0.5, 0.6) is 0 Å². The van der Waals surface area contributed by atoms with Gasteiger partial charge in [-0.2, -0.15) is 5.10 Å². The summed E-state index contributed by atoms with van der Waals surface area (Å²) in [7, 11) is 0. The molecule has 2 amide bonds. The minimum Gasteiger partial charge on any atom is -0.345 e. The Bertz CT molecular complexity index is 881. The highest BCUT2D eigenvalue weighted by Crippen LogP contribution is 2.32. The van der Waals surface area contributed by atoms with Crippen LogP contribution in [0.2, 0.25) is 5.15 Å². The van der Waals surface area contributed by atoms with Crippen molar-refractivity contribution in [2.75, 3.05) is 5.32 Å². The number of carbonyl (C=O) groups is 2. The number of aromatic amines is 1. The molecule has 1 saturated carbocycles. The summed E-state index contributed by atoms with van der Waals surface area (Å²) >= 11 is 6.21. The van der Waals surface area contributed by atoms with Gasteiger partial charge >= 0.3 is 0 Å². The molecule has 130 valence electrons. The van der Waals surface area contributed by atoms with Gasteiger partial charge in [-0.1, -0.05) is 30.9 Å². The van der Waals surface area contributed by atoms with E-state index in [1.807, 2.05) is 0 Å². The van der Waals surface area contributed by atoms with Gasteiger partial charge in [-0.25, -0.2) is 5.43 Å². The molecule has 1 aromatic carbocycles. The number of anilines is 1. The maximum absolute atomic E-state index is 12.4. The van der Waals surface area contributed by atoms with Gasteiger partial charge < -0.3 is 10.3 Å². The molecule has 0 unspecified atom stereocenters. The molecule has 0 bridgehead atoms. The molecule has 1 aliphatic heterocycles. The molecule has 0 saturated heterocycles. The number of carbonyl (C=O) groups excluding carboxylic acids is 2. The van der Waals surface area contributed by atoms with E-state index in [4.69, 9.17) is 11.6 Å². The first kappa shape index (κ1) is 16.1. The van der Waals surface area contributed by atoms with Crippen LogP contribution in [-0.2, 0) is 4.79 Å². The smallest absolute Gasteiger partial charge is 0.272 e. The average molecular weight is 359 g/mol. The molecule has 25 heavy (non-hydrogen) atoms. The molecule has 2 aliphatic rings. The highest BCUT2D eigenvalue weighted by atomic mass is 35.5. The molecular formula is C18H19ClN4O2. The molecular weight excluding hydrogens is 340 g/mol. The third-order valence-corrected chi connectivity index (χ3v) is 5.27. The zero-order chi connectivity index (χ0) is 17.4. The molecule has 0 spiro atoms. The van der Waals surface area contributed by atoms with Crippen molar-refractivity contribution >= 4 is 46.2 Å². The van der Waals surface area contributed by atoms with Crippen LogP contribution in [0.1, 0.15) is 54.4 Å². The number of hydrogen-bond donors (Lipinski definition) is 3. The number of rotatable bonds is 3. The van der Waals surface area contributed by atoms with Gasteiger partial charge in [0.15, 0.2) is 0 Å². The second-order valence-corrected chi connectivity index (χ2v) is 7.13. The quantitative estimate of drug-likeness (QED) is 0.779. The minimum atomic E-state index is -0.320. The van der Waals surface area contributed by atoms with Crippen LogP contribution in [0.25, 0.3) is 10.9 Å². The number of hydrazone groups is 1. The van der Waals surface area contributed by atoms with E-state index in [2.05, 4.69) is 20.8 Å². The third kappa shape index (κ3) is 3.14. The van der Waals surface area contributed by atoms with Crippen LogP contribution < -0.4 is 10.7 Å². The predicted molar refractivity (Wildman–Crippen MR) is 98.2 cm³/mol. The van der Waals surface area contributed by atoms with Crippen LogP contribution in [0.3, 0.4) is 0 Å². The van der Waals surface area contributed by atoms with Crippen molar-refractivity contribution in [3.63, 3.8) is 0 Å². The van der Waals surface area contributed by atoms with E-state index < -0.39 is 0 Å². The Hall–Kier alpha value is -2.34. The first-order valence-electron chi connectivity index (χ1n) is 8.60. The molecule has 7 heteroatoms. The monoisotopic (exact) mass is 358 g/mol. The van der Waals surface area contributed by atoms with Crippen LogP contribution in [0.4, 0.5) is 5.69 Å². The number of nitrogens with one attached hydrogen (secondary N) is 3. The summed E-state index contributed by atoms with van der Waals surface area (Å²) in [6.45, 7) is 0. The van der Waals surface area contributed by atoms with Crippen molar-refractivity contribution in [2.45, 2.75) is 38.5 Å². The van der Waals surface area contributed by atoms with Crippen molar-refractivity contribution in [1.82, 2.24) is 10.4 Å². The lowest BCUT2D eigenvalue weighted by atomic mass is 9.87. The summed E-state index contributed by atoms with van der Waals surface area (Å²) in [6, 6.07) is 3.48. The summed E-state index contributed by atoms with van der Waals surface area (Å²) in [5.41, 5.74) is 4.86.